The molecule has 7 heteroatoms. The smallest absolute Gasteiger partial charge is 0.266 e. The minimum atomic E-state index is -0.903. The molecule has 0 aliphatic heterocycles. The molecule has 0 bridgehead atoms. The van der Waals surface area contributed by atoms with Crippen LogP contribution in [0.3, 0.4) is 0 Å². The van der Waals surface area contributed by atoms with Crippen LogP contribution < -0.4 is 4.90 Å². The van der Waals surface area contributed by atoms with E-state index in [2.05, 4.69) is 18.8 Å². The molecule has 4 nitrogen and oxygen atoms in total. The van der Waals surface area contributed by atoms with Gasteiger partial charge in [0.15, 0.2) is 5.13 Å². The summed E-state index contributed by atoms with van der Waals surface area (Å²) in [5.41, 5.74) is 1.99. The van der Waals surface area contributed by atoms with Gasteiger partial charge in [0.1, 0.15) is 17.2 Å². The van der Waals surface area contributed by atoms with E-state index in [1.165, 1.54) is 22.3 Å². The fraction of sp³-hybridized carbons (Fsp3) is 0.174. The third-order valence-electron chi connectivity index (χ3n) is 4.78. The number of rotatable bonds is 5. The third-order valence-corrected chi connectivity index (χ3v) is 5.82. The first kappa shape index (κ1) is 20.1. The van der Waals surface area contributed by atoms with Gasteiger partial charge in [0.25, 0.3) is 5.91 Å². The molecule has 2 aromatic heterocycles. The Balaban J connectivity index is 1.85. The van der Waals surface area contributed by atoms with Gasteiger partial charge in [-0.2, -0.15) is 0 Å². The number of amides is 1. The summed E-state index contributed by atoms with van der Waals surface area (Å²) in [4.78, 5) is 23.4. The topological polar surface area (TPSA) is 46.1 Å². The van der Waals surface area contributed by atoms with Crippen molar-refractivity contribution in [3.05, 3.63) is 89.2 Å². The molecule has 0 aliphatic rings. The number of hydrogen-bond acceptors (Lipinski definition) is 4. The first-order chi connectivity index (χ1) is 14.5. The molecule has 30 heavy (non-hydrogen) atoms. The zero-order chi connectivity index (χ0) is 21.3. The van der Waals surface area contributed by atoms with Crippen molar-refractivity contribution >= 4 is 32.6 Å². The van der Waals surface area contributed by atoms with E-state index in [1.54, 1.807) is 24.5 Å². The van der Waals surface area contributed by atoms with E-state index >= 15 is 0 Å². The number of carbonyl (C=O) groups is 1. The number of aromatic nitrogens is 2. The van der Waals surface area contributed by atoms with E-state index in [1.807, 2.05) is 18.2 Å². The molecular weight excluding hydrogens is 404 g/mol. The molecule has 0 saturated heterocycles. The van der Waals surface area contributed by atoms with Crippen LogP contribution >= 0.6 is 11.3 Å². The van der Waals surface area contributed by atoms with Gasteiger partial charge in [-0.25, -0.2) is 13.8 Å². The van der Waals surface area contributed by atoms with E-state index in [0.29, 0.717) is 5.13 Å². The monoisotopic (exact) mass is 423 g/mol. The minimum Gasteiger partial charge on any atom is -0.279 e. The largest absolute Gasteiger partial charge is 0.279 e. The average Bonchev–Trinajstić information content (AvgIpc) is 3.16. The summed E-state index contributed by atoms with van der Waals surface area (Å²) in [5, 5.41) is 0.384. The van der Waals surface area contributed by atoms with Gasteiger partial charge >= 0.3 is 0 Å². The molecule has 4 rings (SSSR count). The Labute approximate surface area is 176 Å². The van der Waals surface area contributed by atoms with Crippen molar-refractivity contribution in [1.82, 2.24) is 9.97 Å². The lowest BCUT2D eigenvalue weighted by Crippen LogP contribution is -2.32. The highest BCUT2D eigenvalue weighted by Gasteiger charge is 2.27. The van der Waals surface area contributed by atoms with Gasteiger partial charge in [0.2, 0.25) is 0 Å². The molecule has 0 atom stereocenters. The molecule has 2 aromatic carbocycles. The number of para-hydroxylation sites is 1. The van der Waals surface area contributed by atoms with Gasteiger partial charge in [-0.1, -0.05) is 49.4 Å². The Bertz CT molecular complexity index is 1190. The maximum Gasteiger partial charge on any atom is 0.266 e. The molecule has 0 saturated carbocycles. The Hall–Kier alpha value is -3.19. The minimum absolute atomic E-state index is 0.0945. The van der Waals surface area contributed by atoms with Crippen LogP contribution in [-0.2, 0) is 6.54 Å². The summed E-state index contributed by atoms with van der Waals surface area (Å²) in [7, 11) is 0. The van der Waals surface area contributed by atoms with Crippen LogP contribution in [0.1, 0.15) is 41.3 Å². The Kier molecular flexibility index (Phi) is 5.55. The van der Waals surface area contributed by atoms with Gasteiger partial charge in [-0.15, -0.1) is 0 Å². The number of nitrogens with zero attached hydrogens (tertiary/aromatic N) is 3. The van der Waals surface area contributed by atoms with Crippen molar-refractivity contribution in [3.63, 3.8) is 0 Å². The maximum atomic E-state index is 14.4. The molecule has 0 unspecified atom stereocenters. The van der Waals surface area contributed by atoms with Crippen LogP contribution in [0.25, 0.3) is 10.2 Å². The summed E-state index contributed by atoms with van der Waals surface area (Å²) >= 11 is 1.32. The second-order valence-electron chi connectivity index (χ2n) is 7.19. The standard InChI is InChI=1S/C23H19F2N3OS/c1-14(2)16-7-3-10-19-21(16)27-23(30-19)28(13-15-6-5-11-26-12-15)22(29)20-17(24)8-4-9-18(20)25/h3-12,14H,13H2,1-2H3. The Morgan fingerprint density at radius 2 is 1.80 bits per heavy atom. The summed E-state index contributed by atoms with van der Waals surface area (Å²) < 4.78 is 29.7. The second-order valence-corrected chi connectivity index (χ2v) is 8.20. The number of fused-ring (bicyclic) bond motifs is 1. The lowest BCUT2D eigenvalue weighted by Gasteiger charge is -2.20. The van der Waals surface area contributed by atoms with Crippen molar-refractivity contribution in [3.8, 4) is 0 Å². The first-order valence-electron chi connectivity index (χ1n) is 9.50. The molecular formula is C23H19F2N3OS. The highest BCUT2D eigenvalue weighted by atomic mass is 32.1. The first-order valence-corrected chi connectivity index (χ1v) is 10.3. The predicted molar refractivity (Wildman–Crippen MR) is 115 cm³/mol. The Morgan fingerprint density at radius 3 is 2.47 bits per heavy atom. The number of anilines is 1. The molecule has 4 aromatic rings. The maximum absolute atomic E-state index is 14.4. The van der Waals surface area contributed by atoms with Crippen molar-refractivity contribution in [2.45, 2.75) is 26.3 Å². The normalized spacial score (nSPS) is 11.2. The fourth-order valence-corrected chi connectivity index (χ4v) is 4.28. The van der Waals surface area contributed by atoms with Crippen LogP contribution in [0.4, 0.5) is 13.9 Å². The van der Waals surface area contributed by atoms with Crippen LogP contribution in [0.2, 0.25) is 0 Å². The van der Waals surface area contributed by atoms with Crippen molar-refractivity contribution in [2.24, 2.45) is 0 Å². The van der Waals surface area contributed by atoms with Gasteiger partial charge in [-0.05, 0) is 41.3 Å². The highest BCUT2D eigenvalue weighted by Crippen LogP contribution is 2.35. The fourth-order valence-electron chi connectivity index (χ4n) is 3.28. The van der Waals surface area contributed by atoms with Crippen LogP contribution in [-0.4, -0.2) is 15.9 Å². The average molecular weight is 423 g/mol. The molecule has 0 fully saturated rings. The van der Waals surface area contributed by atoms with Gasteiger partial charge < -0.3 is 0 Å². The van der Waals surface area contributed by atoms with E-state index in [9.17, 15) is 13.6 Å². The number of thiazole rings is 1. The van der Waals surface area contributed by atoms with Crippen LogP contribution in [0.5, 0.6) is 0 Å². The lowest BCUT2D eigenvalue weighted by molar-refractivity contribution is 0.0977. The summed E-state index contributed by atoms with van der Waals surface area (Å²) in [5.74, 6) is -2.34. The second kappa shape index (κ2) is 8.28. The lowest BCUT2D eigenvalue weighted by atomic mass is 10.0. The quantitative estimate of drug-likeness (QED) is 0.399. The molecule has 1 amide bonds. The molecule has 152 valence electrons. The Morgan fingerprint density at radius 1 is 1.07 bits per heavy atom. The molecule has 0 radical (unpaired) electrons. The summed E-state index contributed by atoms with van der Waals surface area (Å²) in [6, 6.07) is 12.8. The molecule has 0 N–H and O–H groups in total. The molecule has 0 aliphatic carbocycles. The van der Waals surface area contributed by atoms with Crippen molar-refractivity contribution < 1.29 is 13.6 Å². The highest BCUT2D eigenvalue weighted by molar-refractivity contribution is 7.22. The van der Waals surface area contributed by atoms with Crippen LogP contribution in [0, 0.1) is 11.6 Å². The SMILES string of the molecule is CC(C)c1cccc2sc(N(Cc3cccnc3)C(=O)c3c(F)cccc3F)nc12. The molecule has 2 heterocycles. The number of benzene rings is 2. The van der Waals surface area contributed by atoms with E-state index in [-0.39, 0.29) is 12.5 Å². The van der Waals surface area contributed by atoms with Gasteiger partial charge in [0.05, 0.1) is 16.8 Å². The zero-order valence-corrected chi connectivity index (χ0v) is 17.3. The van der Waals surface area contributed by atoms with Gasteiger partial charge in [-0.3, -0.25) is 14.7 Å². The zero-order valence-electron chi connectivity index (χ0n) is 16.5. The van der Waals surface area contributed by atoms with Crippen molar-refractivity contribution in [2.75, 3.05) is 4.90 Å². The van der Waals surface area contributed by atoms with E-state index in [0.717, 1.165) is 33.5 Å². The van der Waals surface area contributed by atoms with E-state index in [4.69, 9.17) is 4.98 Å². The number of pyridine rings is 1. The van der Waals surface area contributed by atoms with E-state index < -0.39 is 23.1 Å². The summed E-state index contributed by atoms with van der Waals surface area (Å²) in [6.07, 6.45) is 3.24. The number of halogens is 2. The van der Waals surface area contributed by atoms with Crippen LogP contribution in [0.15, 0.2) is 60.9 Å². The third kappa shape index (κ3) is 3.80. The van der Waals surface area contributed by atoms with Gasteiger partial charge in [0, 0.05) is 12.4 Å². The van der Waals surface area contributed by atoms with Crippen molar-refractivity contribution in [1.29, 1.82) is 0 Å². The molecule has 0 spiro atoms. The number of carbonyl (C=O) groups excluding carboxylic acids is 1. The number of hydrogen-bond donors (Lipinski definition) is 0. The summed E-state index contributed by atoms with van der Waals surface area (Å²) in [6.45, 7) is 4.24. The predicted octanol–water partition coefficient (Wildman–Crippen LogP) is 5.94.